The van der Waals surface area contributed by atoms with E-state index in [1.54, 1.807) is 18.5 Å². The minimum Gasteiger partial charge on any atom is -0.506 e. The van der Waals surface area contributed by atoms with Crippen LogP contribution in [0.5, 0.6) is 11.5 Å². The first-order valence-corrected chi connectivity index (χ1v) is 8.99. The number of aromatic hydroxyl groups is 2. The van der Waals surface area contributed by atoms with Gasteiger partial charge in [-0.1, -0.05) is 17.7 Å². The molecule has 5 nitrogen and oxygen atoms in total. The second-order valence-corrected chi connectivity index (χ2v) is 7.02. The highest BCUT2D eigenvalue weighted by atomic mass is 79.9. The molecule has 0 spiro atoms. The van der Waals surface area contributed by atoms with Crippen molar-refractivity contribution in [1.82, 2.24) is 4.98 Å². The molecule has 2 aromatic heterocycles. The lowest BCUT2D eigenvalue weighted by atomic mass is 10.00. The van der Waals surface area contributed by atoms with Crippen molar-refractivity contribution in [1.29, 1.82) is 0 Å². The molecule has 0 aliphatic carbocycles. The van der Waals surface area contributed by atoms with Crippen molar-refractivity contribution in [2.24, 2.45) is 0 Å². The monoisotopic (exact) mass is 473 g/mol. The minimum absolute atomic E-state index is 0. The Bertz CT molecular complexity index is 1260. The van der Waals surface area contributed by atoms with Gasteiger partial charge in [0.25, 0.3) is 0 Å². The van der Waals surface area contributed by atoms with Crippen LogP contribution in [0.1, 0.15) is 16.7 Å². The van der Waals surface area contributed by atoms with Crippen molar-refractivity contribution in [3.63, 3.8) is 0 Å². The third kappa shape index (κ3) is 3.99. The fraction of sp³-hybridized carbons (Fsp3) is 0.0909. The van der Waals surface area contributed by atoms with Gasteiger partial charge in [0.05, 0.1) is 10.4 Å². The Labute approximate surface area is 182 Å². The highest BCUT2D eigenvalue weighted by Gasteiger charge is 2.19. The average Bonchev–Trinajstić information content (AvgIpc) is 2.68. The van der Waals surface area contributed by atoms with Crippen LogP contribution in [0.3, 0.4) is 0 Å². The molecule has 2 heterocycles. The Morgan fingerprint density at radius 2 is 1.79 bits per heavy atom. The minimum atomic E-state index is -0.514. The van der Waals surface area contributed by atoms with Gasteiger partial charge in [-0.25, -0.2) is 0 Å². The molecule has 0 bridgehead atoms. The summed E-state index contributed by atoms with van der Waals surface area (Å²) >= 11 is 5.98. The third-order valence-corrected chi connectivity index (χ3v) is 4.85. The van der Waals surface area contributed by atoms with E-state index in [4.69, 9.17) is 16.0 Å². The van der Waals surface area contributed by atoms with Crippen molar-refractivity contribution >= 4 is 39.6 Å². The average molecular weight is 475 g/mol. The molecule has 29 heavy (non-hydrogen) atoms. The van der Waals surface area contributed by atoms with Crippen molar-refractivity contribution < 1.29 is 14.6 Å². The molecule has 2 aromatic carbocycles. The second-order valence-electron chi connectivity index (χ2n) is 6.61. The number of phenolic OH excluding ortho intramolecular Hbond substituents is 1. The van der Waals surface area contributed by atoms with E-state index < -0.39 is 11.2 Å². The molecule has 0 aliphatic rings. The van der Waals surface area contributed by atoms with Crippen LogP contribution in [0.2, 0.25) is 5.02 Å². The van der Waals surface area contributed by atoms with Crippen molar-refractivity contribution in [3.8, 4) is 22.8 Å². The van der Waals surface area contributed by atoms with Crippen molar-refractivity contribution in [3.05, 3.63) is 86.8 Å². The van der Waals surface area contributed by atoms with Gasteiger partial charge in [0.1, 0.15) is 11.3 Å². The maximum atomic E-state index is 12.8. The molecule has 0 saturated heterocycles. The fourth-order valence-corrected chi connectivity index (χ4v) is 3.39. The van der Waals surface area contributed by atoms with Crippen LogP contribution in [0.25, 0.3) is 22.3 Å². The van der Waals surface area contributed by atoms with Crippen LogP contribution in [0.15, 0.2) is 64.1 Å². The quantitative estimate of drug-likeness (QED) is 0.415. The molecule has 4 aromatic rings. The molecular formula is C22H17BrClNO4. The molecule has 0 fully saturated rings. The summed E-state index contributed by atoms with van der Waals surface area (Å²) in [7, 11) is 0. The Hall–Kier alpha value is -2.83. The maximum Gasteiger partial charge on any atom is 0.235 e. The van der Waals surface area contributed by atoms with Crippen LogP contribution in [0.4, 0.5) is 0 Å². The molecule has 0 unspecified atom stereocenters. The van der Waals surface area contributed by atoms with E-state index in [2.05, 4.69) is 4.98 Å². The molecule has 2 N–H and O–H groups in total. The molecular weight excluding hydrogens is 458 g/mol. The van der Waals surface area contributed by atoms with E-state index >= 15 is 0 Å². The standard InChI is InChI=1S/C22H16ClNO4.BrH/c1-12-8-15(10-13-4-6-24-7-5-13)21-16(9-12)19(26)20(27)22(28-21)14-2-3-18(25)17(23)11-14;/h2-9,11,25,27H,10H2,1H3;1H. The van der Waals surface area contributed by atoms with Crippen LogP contribution in [0, 0.1) is 6.92 Å². The number of hydrogen-bond acceptors (Lipinski definition) is 5. The SMILES string of the molecule is Br.Cc1cc(Cc2ccncc2)c2oc(-c3ccc(O)c(Cl)c3)c(O)c(=O)c2c1. The molecule has 7 heteroatoms. The van der Waals surface area contributed by atoms with Gasteiger partial charge >= 0.3 is 0 Å². The number of pyridine rings is 1. The van der Waals surface area contributed by atoms with Crippen LogP contribution in [-0.4, -0.2) is 15.2 Å². The number of rotatable bonds is 3. The highest BCUT2D eigenvalue weighted by Crippen LogP contribution is 2.35. The molecule has 0 aliphatic heterocycles. The van der Waals surface area contributed by atoms with Crippen LogP contribution >= 0.6 is 28.6 Å². The first-order valence-electron chi connectivity index (χ1n) is 8.61. The van der Waals surface area contributed by atoms with Gasteiger partial charge in [-0.3, -0.25) is 9.78 Å². The summed E-state index contributed by atoms with van der Waals surface area (Å²) in [6, 6.07) is 11.8. The number of fused-ring (bicyclic) bond motifs is 1. The lowest BCUT2D eigenvalue weighted by Crippen LogP contribution is -2.05. The maximum absolute atomic E-state index is 12.8. The molecule has 0 radical (unpaired) electrons. The zero-order chi connectivity index (χ0) is 19.8. The van der Waals surface area contributed by atoms with Gasteiger partial charge in [0, 0.05) is 29.9 Å². The van der Waals surface area contributed by atoms with Gasteiger partial charge in [0.2, 0.25) is 11.2 Å². The van der Waals surface area contributed by atoms with E-state index in [9.17, 15) is 15.0 Å². The van der Waals surface area contributed by atoms with Gasteiger partial charge in [0.15, 0.2) is 5.76 Å². The summed E-state index contributed by atoms with van der Waals surface area (Å²) < 4.78 is 6.01. The number of aryl methyl sites for hydroxylation is 1. The largest absolute Gasteiger partial charge is 0.506 e. The van der Waals surface area contributed by atoms with Crippen molar-refractivity contribution in [2.75, 3.05) is 0 Å². The second kappa shape index (κ2) is 8.27. The van der Waals surface area contributed by atoms with E-state index in [-0.39, 0.29) is 33.5 Å². The first-order chi connectivity index (χ1) is 13.4. The summed E-state index contributed by atoms with van der Waals surface area (Å²) in [5, 5.41) is 20.5. The van der Waals surface area contributed by atoms with Gasteiger partial charge in [-0.05, 0) is 54.4 Å². The Balaban J connectivity index is 0.00000240. The van der Waals surface area contributed by atoms with Gasteiger partial charge in [-0.2, -0.15) is 0 Å². The van der Waals surface area contributed by atoms with Crippen LogP contribution < -0.4 is 5.43 Å². The number of hydrogen-bond donors (Lipinski definition) is 2. The summed E-state index contributed by atoms with van der Waals surface area (Å²) in [5.74, 6) is -0.573. The smallest absolute Gasteiger partial charge is 0.235 e. The molecule has 0 saturated carbocycles. The van der Waals surface area contributed by atoms with Crippen LogP contribution in [-0.2, 0) is 6.42 Å². The highest BCUT2D eigenvalue weighted by molar-refractivity contribution is 8.93. The van der Waals surface area contributed by atoms with Crippen molar-refractivity contribution in [2.45, 2.75) is 13.3 Å². The topological polar surface area (TPSA) is 83.6 Å². The van der Waals surface area contributed by atoms with E-state index in [1.807, 2.05) is 25.1 Å². The number of halogens is 2. The van der Waals surface area contributed by atoms with Gasteiger partial charge < -0.3 is 14.6 Å². The summed E-state index contributed by atoms with van der Waals surface area (Å²) in [6.45, 7) is 1.89. The normalized spacial score (nSPS) is 10.7. The lowest BCUT2D eigenvalue weighted by molar-refractivity contribution is 0.448. The number of aromatic nitrogens is 1. The Morgan fingerprint density at radius 1 is 1.07 bits per heavy atom. The predicted octanol–water partition coefficient (Wildman–Crippen LogP) is 5.40. The first kappa shape index (κ1) is 20.9. The third-order valence-electron chi connectivity index (χ3n) is 4.54. The Kier molecular flexibility index (Phi) is 5.96. The Morgan fingerprint density at radius 3 is 2.48 bits per heavy atom. The zero-order valence-corrected chi connectivity index (χ0v) is 17.8. The fourth-order valence-electron chi connectivity index (χ4n) is 3.21. The number of phenols is 1. The predicted molar refractivity (Wildman–Crippen MR) is 118 cm³/mol. The molecule has 0 amide bonds. The zero-order valence-electron chi connectivity index (χ0n) is 15.3. The number of benzene rings is 2. The van der Waals surface area contributed by atoms with E-state index in [1.165, 1.54) is 18.2 Å². The molecule has 4 rings (SSSR count). The number of nitrogens with zero attached hydrogens (tertiary/aromatic N) is 1. The molecule has 148 valence electrons. The lowest BCUT2D eigenvalue weighted by Gasteiger charge is -2.11. The van der Waals surface area contributed by atoms with E-state index in [0.717, 1.165) is 16.7 Å². The van der Waals surface area contributed by atoms with Gasteiger partial charge in [-0.15, -0.1) is 17.0 Å². The summed E-state index contributed by atoms with van der Waals surface area (Å²) in [5.41, 5.74) is 3.03. The summed E-state index contributed by atoms with van der Waals surface area (Å²) in [4.78, 5) is 16.9. The summed E-state index contributed by atoms with van der Waals surface area (Å²) in [6.07, 6.45) is 3.96. The van der Waals surface area contributed by atoms with E-state index in [0.29, 0.717) is 23.0 Å². The molecule has 0 atom stereocenters.